The van der Waals surface area contributed by atoms with Gasteiger partial charge in [0.1, 0.15) is 6.10 Å². The lowest BCUT2D eigenvalue weighted by molar-refractivity contribution is 0.187. The molecule has 1 atom stereocenters. The Morgan fingerprint density at radius 3 is 2.60 bits per heavy atom. The molecule has 6 heteroatoms. The van der Waals surface area contributed by atoms with Gasteiger partial charge >= 0.3 is 0 Å². The van der Waals surface area contributed by atoms with E-state index in [0.717, 1.165) is 11.4 Å². The molecule has 0 radical (unpaired) electrons. The van der Waals surface area contributed by atoms with E-state index in [2.05, 4.69) is 15.2 Å². The number of hydrogen-bond donors (Lipinski definition) is 1. The summed E-state index contributed by atoms with van der Waals surface area (Å²) in [4.78, 5) is 4.13. The first-order valence-corrected chi connectivity index (χ1v) is 4.96. The lowest BCUT2D eigenvalue weighted by Gasteiger charge is -2.08. The molecule has 0 aliphatic heterocycles. The average molecular weight is 227 g/mol. The van der Waals surface area contributed by atoms with Crippen LogP contribution in [0.25, 0.3) is 5.65 Å². The Morgan fingerprint density at radius 2 is 2.00 bits per heavy atom. The summed E-state index contributed by atoms with van der Waals surface area (Å²) in [5.74, 6) is 0.481. The maximum atomic E-state index is 9.53. The zero-order chi connectivity index (χ0) is 11.2. The van der Waals surface area contributed by atoms with Gasteiger partial charge in [-0.05, 0) is 20.8 Å². The van der Waals surface area contributed by atoms with Crippen LogP contribution in [-0.4, -0.2) is 24.7 Å². The average Bonchev–Trinajstić information content (AvgIpc) is 2.58. The summed E-state index contributed by atoms with van der Waals surface area (Å²) in [5.41, 5.74) is 2.17. The largest absolute Gasteiger partial charge is 0.385 e. The fourth-order valence-corrected chi connectivity index (χ4v) is 1.72. The lowest BCUT2D eigenvalue weighted by atomic mass is 10.3. The van der Waals surface area contributed by atoms with Gasteiger partial charge in [0, 0.05) is 5.69 Å². The minimum Gasteiger partial charge on any atom is -0.385 e. The topological polar surface area (TPSA) is 63.3 Å². The van der Waals surface area contributed by atoms with E-state index >= 15 is 0 Å². The lowest BCUT2D eigenvalue weighted by Crippen LogP contribution is -2.05. The molecule has 0 aliphatic rings. The summed E-state index contributed by atoms with van der Waals surface area (Å²) in [6, 6.07) is 0. The second kappa shape index (κ2) is 3.43. The van der Waals surface area contributed by atoms with Crippen LogP contribution in [0.5, 0.6) is 0 Å². The predicted octanol–water partition coefficient (Wildman–Crippen LogP) is 1.45. The van der Waals surface area contributed by atoms with Crippen molar-refractivity contribution in [1.29, 1.82) is 0 Å². The van der Waals surface area contributed by atoms with Crippen molar-refractivity contribution < 1.29 is 5.11 Å². The van der Waals surface area contributed by atoms with Gasteiger partial charge in [-0.2, -0.15) is 0 Å². The number of fused-ring (bicyclic) bond motifs is 1. The van der Waals surface area contributed by atoms with Gasteiger partial charge in [-0.15, -0.1) is 10.2 Å². The van der Waals surface area contributed by atoms with Gasteiger partial charge in [-0.25, -0.2) is 4.98 Å². The van der Waals surface area contributed by atoms with E-state index in [1.807, 2.05) is 13.8 Å². The molecule has 2 heterocycles. The van der Waals surface area contributed by atoms with Gasteiger partial charge in [-0.3, -0.25) is 4.40 Å². The van der Waals surface area contributed by atoms with Crippen molar-refractivity contribution in [2.75, 3.05) is 0 Å². The highest BCUT2D eigenvalue weighted by molar-refractivity contribution is 6.32. The van der Waals surface area contributed by atoms with Crippen LogP contribution in [0.4, 0.5) is 0 Å². The van der Waals surface area contributed by atoms with E-state index in [1.165, 1.54) is 0 Å². The molecule has 2 rings (SSSR count). The number of aromatic nitrogens is 4. The van der Waals surface area contributed by atoms with Gasteiger partial charge in [0.2, 0.25) is 0 Å². The molecule has 0 amide bonds. The quantitative estimate of drug-likeness (QED) is 0.800. The van der Waals surface area contributed by atoms with Crippen molar-refractivity contribution in [3.05, 3.63) is 22.4 Å². The second-order valence-corrected chi connectivity index (χ2v) is 3.82. The monoisotopic (exact) mass is 226 g/mol. The van der Waals surface area contributed by atoms with Gasteiger partial charge in [0.25, 0.3) is 0 Å². The maximum absolute atomic E-state index is 9.53. The van der Waals surface area contributed by atoms with Crippen LogP contribution in [0, 0.1) is 13.8 Å². The summed E-state index contributed by atoms with van der Waals surface area (Å²) in [7, 11) is 0. The van der Waals surface area contributed by atoms with Crippen LogP contribution in [0.2, 0.25) is 5.15 Å². The third-order valence-corrected chi connectivity index (χ3v) is 2.62. The SMILES string of the molecule is Cc1nc(Cl)c2nnc(C(C)O)n2c1C. The molecule has 15 heavy (non-hydrogen) atoms. The van der Waals surface area contributed by atoms with Crippen LogP contribution in [0.15, 0.2) is 0 Å². The van der Waals surface area contributed by atoms with Crippen LogP contribution >= 0.6 is 11.6 Å². The molecule has 0 fully saturated rings. The fraction of sp³-hybridized carbons (Fsp3) is 0.444. The van der Waals surface area contributed by atoms with Crippen molar-refractivity contribution in [1.82, 2.24) is 19.6 Å². The molecule has 2 aromatic heterocycles. The first-order valence-electron chi connectivity index (χ1n) is 4.58. The molecule has 80 valence electrons. The van der Waals surface area contributed by atoms with Crippen LogP contribution < -0.4 is 0 Å². The van der Waals surface area contributed by atoms with Crippen molar-refractivity contribution in [2.24, 2.45) is 0 Å². The van der Waals surface area contributed by atoms with E-state index in [9.17, 15) is 5.11 Å². The van der Waals surface area contributed by atoms with Crippen molar-refractivity contribution in [2.45, 2.75) is 26.9 Å². The minimum atomic E-state index is -0.684. The Labute approximate surface area is 91.7 Å². The number of nitrogens with zero attached hydrogens (tertiary/aromatic N) is 4. The smallest absolute Gasteiger partial charge is 0.198 e. The highest BCUT2D eigenvalue weighted by atomic mass is 35.5. The molecule has 0 saturated carbocycles. The Hall–Kier alpha value is -1.20. The van der Waals surface area contributed by atoms with Crippen LogP contribution in [0.3, 0.4) is 0 Å². The third-order valence-electron chi connectivity index (χ3n) is 2.37. The Bertz CT molecular complexity index is 520. The predicted molar refractivity (Wildman–Crippen MR) is 55.9 cm³/mol. The molecular weight excluding hydrogens is 216 g/mol. The molecule has 0 saturated heterocycles. The van der Waals surface area contributed by atoms with Crippen molar-refractivity contribution >= 4 is 17.2 Å². The summed E-state index contributed by atoms with van der Waals surface area (Å²) in [6.45, 7) is 5.38. The maximum Gasteiger partial charge on any atom is 0.198 e. The second-order valence-electron chi connectivity index (χ2n) is 3.47. The summed E-state index contributed by atoms with van der Waals surface area (Å²) >= 11 is 5.94. The van der Waals surface area contributed by atoms with Crippen molar-refractivity contribution in [3.63, 3.8) is 0 Å². The zero-order valence-corrected chi connectivity index (χ0v) is 9.45. The number of aliphatic hydroxyl groups excluding tert-OH is 1. The van der Waals surface area contributed by atoms with E-state index in [0.29, 0.717) is 16.6 Å². The first-order chi connectivity index (χ1) is 7.02. The van der Waals surface area contributed by atoms with Gasteiger partial charge < -0.3 is 5.11 Å². The Kier molecular flexibility index (Phi) is 2.36. The van der Waals surface area contributed by atoms with E-state index < -0.39 is 6.10 Å². The molecule has 1 N–H and O–H groups in total. The Morgan fingerprint density at radius 1 is 1.33 bits per heavy atom. The summed E-state index contributed by atoms with van der Waals surface area (Å²) < 4.78 is 1.73. The normalized spacial score (nSPS) is 13.4. The number of hydrogen-bond acceptors (Lipinski definition) is 4. The number of halogens is 1. The minimum absolute atomic E-state index is 0.303. The number of rotatable bonds is 1. The Balaban J connectivity index is 2.89. The van der Waals surface area contributed by atoms with Crippen LogP contribution in [0.1, 0.15) is 30.2 Å². The van der Waals surface area contributed by atoms with Crippen LogP contribution in [-0.2, 0) is 0 Å². The molecule has 0 aliphatic carbocycles. The van der Waals surface area contributed by atoms with Crippen molar-refractivity contribution in [3.8, 4) is 0 Å². The van der Waals surface area contributed by atoms with E-state index in [-0.39, 0.29) is 0 Å². The number of aryl methyl sites for hydroxylation is 2. The van der Waals surface area contributed by atoms with Gasteiger partial charge in [0.05, 0.1) is 5.69 Å². The fourth-order valence-electron chi connectivity index (χ4n) is 1.47. The molecule has 2 aromatic rings. The highest BCUT2D eigenvalue weighted by Crippen LogP contribution is 2.20. The molecule has 0 aromatic carbocycles. The third kappa shape index (κ3) is 1.48. The van der Waals surface area contributed by atoms with Gasteiger partial charge in [-0.1, -0.05) is 11.6 Å². The van der Waals surface area contributed by atoms with Gasteiger partial charge in [0.15, 0.2) is 16.6 Å². The molecule has 5 nitrogen and oxygen atoms in total. The van der Waals surface area contributed by atoms with E-state index in [4.69, 9.17) is 11.6 Å². The highest BCUT2D eigenvalue weighted by Gasteiger charge is 2.16. The van der Waals surface area contributed by atoms with E-state index in [1.54, 1.807) is 11.3 Å². The molecule has 0 bridgehead atoms. The molecule has 1 unspecified atom stereocenters. The standard InChI is InChI=1S/C9H11ClN4O/c1-4-5(2)14-8(6(3)15)12-13-9(14)7(10)11-4/h6,15H,1-3H3. The summed E-state index contributed by atoms with van der Waals surface area (Å²) in [5, 5.41) is 17.6. The number of aliphatic hydroxyl groups is 1. The first kappa shape index (κ1) is 10.3. The molecule has 0 spiro atoms. The molecular formula is C9H11ClN4O. The summed E-state index contributed by atoms with van der Waals surface area (Å²) in [6.07, 6.45) is -0.684. The zero-order valence-electron chi connectivity index (χ0n) is 8.69.